The fraction of sp³-hybridized carbons (Fsp3) is 0.423. The smallest absolute Gasteiger partial charge is 0.240 e. The van der Waals surface area contributed by atoms with Gasteiger partial charge in [-0.2, -0.15) is 0 Å². The number of imidazole rings is 1. The summed E-state index contributed by atoms with van der Waals surface area (Å²) in [5.41, 5.74) is 3.98. The number of nitrogens with zero attached hydrogens (tertiary/aromatic N) is 5. The molecule has 4 heterocycles. The van der Waals surface area contributed by atoms with E-state index >= 15 is 0 Å². The molecule has 0 spiro atoms. The van der Waals surface area contributed by atoms with Crippen molar-refractivity contribution in [3.8, 4) is 0 Å². The number of fused-ring (bicyclic) bond motifs is 1. The topological polar surface area (TPSA) is 61.2 Å². The molecule has 2 aliphatic heterocycles. The number of hydrogen-bond acceptors (Lipinski definition) is 4. The van der Waals surface area contributed by atoms with Gasteiger partial charge in [-0.1, -0.05) is 36.4 Å². The van der Waals surface area contributed by atoms with Gasteiger partial charge in [-0.15, -0.1) is 0 Å². The summed E-state index contributed by atoms with van der Waals surface area (Å²) in [5.74, 6) is 0.335. The number of carbonyl (C=O) groups is 2. The van der Waals surface area contributed by atoms with Gasteiger partial charge in [-0.3, -0.25) is 14.5 Å². The number of aryl methyl sites for hydroxylation is 1. The molecular formula is C26H31N5O2. The van der Waals surface area contributed by atoms with Crippen molar-refractivity contribution in [3.63, 3.8) is 0 Å². The highest BCUT2D eigenvalue weighted by Crippen LogP contribution is 2.21. The van der Waals surface area contributed by atoms with Crippen LogP contribution in [0.15, 0.2) is 54.9 Å². The summed E-state index contributed by atoms with van der Waals surface area (Å²) in [4.78, 5) is 36.9. The van der Waals surface area contributed by atoms with E-state index in [1.807, 2.05) is 63.8 Å². The molecule has 0 aliphatic carbocycles. The zero-order chi connectivity index (χ0) is 22.8. The van der Waals surface area contributed by atoms with E-state index in [9.17, 15) is 9.59 Å². The van der Waals surface area contributed by atoms with Crippen LogP contribution in [0, 0.1) is 6.92 Å². The van der Waals surface area contributed by atoms with Crippen molar-refractivity contribution >= 4 is 17.5 Å². The van der Waals surface area contributed by atoms with Crippen molar-refractivity contribution in [2.45, 2.75) is 38.8 Å². The quantitative estimate of drug-likeness (QED) is 0.606. The second kappa shape index (κ2) is 9.35. The SMILES string of the molecule is Cc1cccn2cc(CC(=O)N3CCN([C@H]4CCCN(Cc5ccccc5)C4=O)CC3)nc12. The first kappa shape index (κ1) is 21.6. The summed E-state index contributed by atoms with van der Waals surface area (Å²) >= 11 is 0. The highest BCUT2D eigenvalue weighted by atomic mass is 16.2. The van der Waals surface area contributed by atoms with E-state index in [1.165, 1.54) is 5.56 Å². The summed E-state index contributed by atoms with van der Waals surface area (Å²) in [6, 6.07) is 14.1. The van der Waals surface area contributed by atoms with E-state index < -0.39 is 0 Å². The van der Waals surface area contributed by atoms with Crippen LogP contribution in [0.4, 0.5) is 0 Å². The van der Waals surface area contributed by atoms with Crippen LogP contribution in [0.5, 0.6) is 0 Å². The Labute approximate surface area is 194 Å². The second-order valence-corrected chi connectivity index (χ2v) is 9.15. The van der Waals surface area contributed by atoms with Gasteiger partial charge in [0.25, 0.3) is 0 Å². The van der Waals surface area contributed by atoms with Crippen LogP contribution < -0.4 is 0 Å². The van der Waals surface area contributed by atoms with Crippen LogP contribution in [0.2, 0.25) is 0 Å². The van der Waals surface area contributed by atoms with Gasteiger partial charge in [0, 0.05) is 51.7 Å². The van der Waals surface area contributed by atoms with Crippen molar-refractivity contribution in [3.05, 3.63) is 71.7 Å². The Morgan fingerprint density at radius 2 is 1.82 bits per heavy atom. The van der Waals surface area contributed by atoms with E-state index in [0.29, 0.717) is 26.1 Å². The van der Waals surface area contributed by atoms with E-state index in [2.05, 4.69) is 22.0 Å². The van der Waals surface area contributed by atoms with Gasteiger partial charge < -0.3 is 14.2 Å². The van der Waals surface area contributed by atoms with Crippen molar-refractivity contribution in [2.75, 3.05) is 32.7 Å². The van der Waals surface area contributed by atoms with Gasteiger partial charge in [0.2, 0.25) is 11.8 Å². The molecule has 1 atom stereocenters. The van der Waals surface area contributed by atoms with Crippen LogP contribution in [-0.2, 0) is 22.6 Å². The monoisotopic (exact) mass is 445 g/mol. The average molecular weight is 446 g/mol. The van der Waals surface area contributed by atoms with Crippen molar-refractivity contribution < 1.29 is 9.59 Å². The molecule has 33 heavy (non-hydrogen) atoms. The summed E-state index contributed by atoms with van der Waals surface area (Å²) in [6.45, 7) is 6.33. The van der Waals surface area contributed by atoms with Crippen LogP contribution >= 0.6 is 0 Å². The third-order valence-electron chi connectivity index (χ3n) is 6.89. The highest BCUT2D eigenvalue weighted by Gasteiger charge is 2.35. The van der Waals surface area contributed by atoms with Gasteiger partial charge in [-0.25, -0.2) is 4.98 Å². The molecule has 0 saturated carbocycles. The Bertz CT molecular complexity index is 1130. The Balaban J connectivity index is 1.16. The van der Waals surface area contributed by atoms with Gasteiger partial charge in [0.15, 0.2) is 0 Å². The lowest BCUT2D eigenvalue weighted by molar-refractivity contribution is -0.142. The average Bonchev–Trinajstić information content (AvgIpc) is 3.25. The lowest BCUT2D eigenvalue weighted by Gasteiger charge is -2.42. The minimum atomic E-state index is -0.0684. The largest absolute Gasteiger partial charge is 0.340 e. The van der Waals surface area contributed by atoms with Crippen molar-refractivity contribution in [1.82, 2.24) is 24.1 Å². The molecule has 0 N–H and O–H groups in total. The third-order valence-corrected chi connectivity index (χ3v) is 6.89. The molecular weight excluding hydrogens is 414 g/mol. The lowest BCUT2D eigenvalue weighted by atomic mass is 10.0. The van der Waals surface area contributed by atoms with Crippen LogP contribution in [0.25, 0.3) is 5.65 Å². The molecule has 2 fully saturated rings. The first-order valence-electron chi connectivity index (χ1n) is 11.9. The summed E-state index contributed by atoms with van der Waals surface area (Å²) < 4.78 is 1.98. The number of pyridine rings is 1. The molecule has 2 amide bonds. The summed E-state index contributed by atoms with van der Waals surface area (Å²) in [5, 5.41) is 0. The Morgan fingerprint density at radius 3 is 2.58 bits per heavy atom. The van der Waals surface area contributed by atoms with Gasteiger partial charge in [0.05, 0.1) is 18.2 Å². The first-order valence-corrected chi connectivity index (χ1v) is 11.9. The first-order chi connectivity index (χ1) is 16.1. The fourth-order valence-electron chi connectivity index (χ4n) is 5.06. The van der Waals surface area contributed by atoms with E-state index in [4.69, 9.17) is 0 Å². The summed E-state index contributed by atoms with van der Waals surface area (Å²) in [6.07, 6.45) is 6.14. The minimum absolute atomic E-state index is 0.0684. The van der Waals surface area contributed by atoms with Crippen LogP contribution in [0.1, 0.15) is 29.7 Å². The van der Waals surface area contributed by atoms with Gasteiger partial charge in [0.1, 0.15) is 5.65 Å². The number of benzene rings is 1. The predicted octanol–water partition coefficient (Wildman–Crippen LogP) is 2.52. The standard InChI is InChI=1S/C26H31N5O2/c1-20-7-5-11-30-19-22(27-25(20)30)17-24(32)29-15-13-28(14-16-29)23-10-6-12-31(26(23)33)18-21-8-3-2-4-9-21/h2-5,7-9,11,19,23H,6,10,12-18H2,1H3/t23-/m0/s1. The minimum Gasteiger partial charge on any atom is -0.340 e. The van der Waals surface area contributed by atoms with Crippen LogP contribution in [-0.4, -0.2) is 74.7 Å². The molecule has 3 aromatic rings. The molecule has 7 heteroatoms. The Morgan fingerprint density at radius 1 is 1.03 bits per heavy atom. The van der Waals surface area contributed by atoms with Crippen molar-refractivity contribution in [1.29, 1.82) is 0 Å². The zero-order valence-corrected chi connectivity index (χ0v) is 19.2. The van der Waals surface area contributed by atoms with E-state index in [0.717, 1.165) is 49.4 Å². The lowest BCUT2D eigenvalue weighted by Crippen LogP contribution is -2.58. The number of amides is 2. The van der Waals surface area contributed by atoms with Gasteiger partial charge in [-0.05, 0) is 37.0 Å². The molecule has 0 radical (unpaired) electrons. The predicted molar refractivity (Wildman–Crippen MR) is 127 cm³/mol. The molecule has 7 nitrogen and oxygen atoms in total. The number of piperazine rings is 1. The third kappa shape index (κ3) is 4.64. The number of hydrogen-bond donors (Lipinski definition) is 0. The maximum atomic E-state index is 13.2. The van der Waals surface area contributed by atoms with Gasteiger partial charge >= 0.3 is 0 Å². The van der Waals surface area contributed by atoms with E-state index in [1.54, 1.807) is 0 Å². The molecule has 2 aliphatic rings. The molecule has 5 rings (SSSR count). The Hall–Kier alpha value is -3.19. The fourth-order valence-corrected chi connectivity index (χ4v) is 5.06. The van der Waals surface area contributed by atoms with Crippen LogP contribution in [0.3, 0.4) is 0 Å². The zero-order valence-electron chi connectivity index (χ0n) is 19.2. The highest BCUT2D eigenvalue weighted by molar-refractivity contribution is 5.83. The summed E-state index contributed by atoms with van der Waals surface area (Å²) in [7, 11) is 0. The maximum absolute atomic E-state index is 13.2. The second-order valence-electron chi connectivity index (χ2n) is 9.15. The molecule has 0 bridgehead atoms. The number of piperidine rings is 1. The van der Waals surface area contributed by atoms with Crippen molar-refractivity contribution in [2.24, 2.45) is 0 Å². The number of rotatable bonds is 5. The Kier molecular flexibility index (Phi) is 6.13. The number of aromatic nitrogens is 2. The number of likely N-dealkylation sites (tertiary alicyclic amines) is 1. The molecule has 2 saturated heterocycles. The molecule has 172 valence electrons. The molecule has 1 aromatic carbocycles. The normalized spacial score (nSPS) is 19.9. The molecule has 0 unspecified atom stereocenters. The maximum Gasteiger partial charge on any atom is 0.240 e. The van der Waals surface area contributed by atoms with E-state index in [-0.39, 0.29) is 17.9 Å². The molecule has 2 aromatic heterocycles. The number of carbonyl (C=O) groups excluding carboxylic acids is 2.